The van der Waals surface area contributed by atoms with Crippen LogP contribution in [0.3, 0.4) is 0 Å². The number of methoxy groups -OCH3 is 1. The van der Waals surface area contributed by atoms with Crippen molar-refractivity contribution in [3.63, 3.8) is 0 Å². The van der Waals surface area contributed by atoms with Gasteiger partial charge in [-0.15, -0.1) is 0 Å². The lowest BCUT2D eigenvalue weighted by atomic mass is 10.2. The van der Waals surface area contributed by atoms with Gasteiger partial charge in [0.15, 0.2) is 0 Å². The van der Waals surface area contributed by atoms with Gasteiger partial charge in [-0.05, 0) is 12.8 Å². The van der Waals surface area contributed by atoms with Gasteiger partial charge in [0.05, 0.1) is 13.2 Å². The number of hydroxylamine groups is 2. The molecule has 0 aliphatic carbocycles. The summed E-state index contributed by atoms with van der Waals surface area (Å²) in [5.41, 5.74) is 5.56. The second-order valence-corrected chi connectivity index (χ2v) is 3.04. The van der Waals surface area contributed by atoms with Crippen molar-refractivity contribution >= 4 is 5.91 Å². The van der Waals surface area contributed by atoms with Gasteiger partial charge in [0.25, 0.3) is 5.91 Å². The number of ether oxygens (including phenoxy) is 1. The van der Waals surface area contributed by atoms with Crippen LogP contribution in [-0.4, -0.2) is 43.9 Å². The van der Waals surface area contributed by atoms with Crippen molar-refractivity contribution in [2.45, 2.75) is 18.9 Å². The quantitative estimate of drug-likeness (QED) is 0.649. The summed E-state index contributed by atoms with van der Waals surface area (Å²) < 4.78 is 4.79. The predicted molar refractivity (Wildman–Crippen MR) is 46.8 cm³/mol. The van der Waals surface area contributed by atoms with Crippen molar-refractivity contribution in [3.05, 3.63) is 0 Å². The molecule has 1 unspecified atom stereocenters. The Morgan fingerprint density at radius 2 is 2.46 bits per heavy atom. The topological polar surface area (TPSA) is 64.8 Å². The maximum atomic E-state index is 11.5. The van der Waals surface area contributed by atoms with Gasteiger partial charge in [-0.1, -0.05) is 0 Å². The zero-order chi connectivity index (χ0) is 9.68. The Morgan fingerprint density at radius 1 is 1.69 bits per heavy atom. The van der Waals surface area contributed by atoms with Crippen molar-refractivity contribution in [1.29, 1.82) is 0 Å². The van der Waals surface area contributed by atoms with Crippen LogP contribution < -0.4 is 5.73 Å². The Balaban J connectivity index is 2.36. The number of carbonyl (C=O) groups excluding carboxylic acids is 1. The van der Waals surface area contributed by atoms with Crippen molar-refractivity contribution in [1.82, 2.24) is 5.06 Å². The number of amides is 1. The molecule has 0 aromatic rings. The normalized spacial score (nSPS) is 20.0. The molecule has 1 atom stereocenters. The zero-order valence-electron chi connectivity index (χ0n) is 7.86. The number of rotatable bonds is 3. The number of carbonyl (C=O) groups is 1. The Kier molecular flexibility index (Phi) is 4.14. The number of hydrogen-bond acceptors (Lipinski definition) is 4. The molecule has 1 heterocycles. The SMILES string of the molecule is COCC(N)C(=O)N1CCCCO1. The first-order valence-electron chi connectivity index (χ1n) is 4.44. The highest BCUT2D eigenvalue weighted by atomic mass is 16.7. The van der Waals surface area contributed by atoms with E-state index in [-0.39, 0.29) is 12.5 Å². The van der Waals surface area contributed by atoms with E-state index in [1.165, 1.54) is 12.2 Å². The van der Waals surface area contributed by atoms with Gasteiger partial charge in [0.2, 0.25) is 0 Å². The minimum atomic E-state index is -0.608. The van der Waals surface area contributed by atoms with Crippen molar-refractivity contribution < 1.29 is 14.4 Å². The van der Waals surface area contributed by atoms with E-state index in [1.807, 2.05) is 0 Å². The van der Waals surface area contributed by atoms with E-state index in [2.05, 4.69) is 0 Å². The Labute approximate surface area is 77.7 Å². The molecule has 5 nitrogen and oxygen atoms in total. The fourth-order valence-corrected chi connectivity index (χ4v) is 1.21. The molecule has 0 bridgehead atoms. The van der Waals surface area contributed by atoms with Crippen LogP contribution in [0.15, 0.2) is 0 Å². The Morgan fingerprint density at radius 3 is 3.00 bits per heavy atom. The monoisotopic (exact) mass is 188 g/mol. The number of nitrogens with two attached hydrogens (primary N) is 1. The highest BCUT2D eigenvalue weighted by Gasteiger charge is 2.23. The van der Waals surface area contributed by atoms with E-state index in [1.54, 1.807) is 0 Å². The van der Waals surface area contributed by atoms with Gasteiger partial charge in [0, 0.05) is 13.7 Å². The first-order chi connectivity index (χ1) is 6.25. The van der Waals surface area contributed by atoms with E-state index < -0.39 is 6.04 Å². The first kappa shape index (κ1) is 10.4. The molecule has 76 valence electrons. The molecule has 0 radical (unpaired) electrons. The highest BCUT2D eigenvalue weighted by molar-refractivity contribution is 5.80. The van der Waals surface area contributed by atoms with Crippen LogP contribution in [0, 0.1) is 0 Å². The molecule has 0 saturated carbocycles. The van der Waals surface area contributed by atoms with Gasteiger partial charge < -0.3 is 10.5 Å². The molecule has 13 heavy (non-hydrogen) atoms. The molecule has 1 rings (SSSR count). The lowest BCUT2D eigenvalue weighted by molar-refractivity contribution is -0.199. The minimum absolute atomic E-state index is 0.193. The summed E-state index contributed by atoms with van der Waals surface area (Å²) in [6.07, 6.45) is 1.98. The average Bonchev–Trinajstić information content (AvgIpc) is 2.18. The van der Waals surface area contributed by atoms with Gasteiger partial charge in [-0.2, -0.15) is 0 Å². The Bertz CT molecular complexity index is 169. The van der Waals surface area contributed by atoms with Crippen molar-refractivity contribution in [2.75, 3.05) is 26.9 Å². The molecule has 1 aliphatic heterocycles. The summed E-state index contributed by atoms with van der Waals surface area (Å²) in [6, 6.07) is -0.608. The van der Waals surface area contributed by atoms with Crippen LogP contribution in [-0.2, 0) is 14.4 Å². The molecule has 1 aliphatic rings. The lowest BCUT2D eigenvalue weighted by Gasteiger charge is -2.27. The van der Waals surface area contributed by atoms with Crippen molar-refractivity contribution in [3.8, 4) is 0 Å². The standard InChI is InChI=1S/C8H16N2O3/c1-12-6-7(9)8(11)10-4-2-3-5-13-10/h7H,2-6,9H2,1H3. The Hall–Kier alpha value is -0.650. The third-order valence-electron chi connectivity index (χ3n) is 1.91. The van der Waals surface area contributed by atoms with E-state index in [4.69, 9.17) is 15.3 Å². The third-order valence-corrected chi connectivity index (χ3v) is 1.91. The van der Waals surface area contributed by atoms with Gasteiger partial charge >= 0.3 is 0 Å². The van der Waals surface area contributed by atoms with Crippen LogP contribution >= 0.6 is 0 Å². The largest absolute Gasteiger partial charge is 0.383 e. The fourth-order valence-electron chi connectivity index (χ4n) is 1.21. The summed E-state index contributed by atoms with van der Waals surface area (Å²) in [7, 11) is 1.52. The van der Waals surface area contributed by atoms with E-state index in [0.29, 0.717) is 13.2 Å². The molecular formula is C8H16N2O3. The van der Waals surface area contributed by atoms with E-state index in [9.17, 15) is 4.79 Å². The van der Waals surface area contributed by atoms with Gasteiger partial charge in [0.1, 0.15) is 6.04 Å². The molecule has 0 spiro atoms. The molecule has 0 aromatic carbocycles. The highest BCUT2D eigenvalue weighted by Crippen LogP contribution is 2.06. The molecule has 1 amide bonds. The van der Waals surface area contributed by atoms with Gasteiger partial charge in [-0.25, -0.2) is 5.06 Å². The van der Waals surface area contributed by atoms with E-state index in [0.717, 1.165) is 12.8 Å². The second kappa shape index (κ2) is 5.16. The summed E-state index contributed by atoms with van der Waals surface area (Å²) in [6.45, 7) is 1.47. The minimum Gasteiger partial charge on any atom is -0.383 e. The summed E-state index contributed by atoms with van der Waals surface area (Å²) in [5.74, 6) is -0.193. The number of hydrogen-bond donors (Lipinski definition) is 1. The summed E-state index contributed by atoms with van der Waals surface area (Å²) in [5, 5.41) is 1.34. The summed E-state index contributed by atoms with van der Waals surface area (Å²) in [4.78, 5) is 16.6. The molecule has 0 aromatic heterocycles. The molecule has 1 fully saturated rings. The van der Waals surface area contributed by atoms with Crippen LogP contribution in [0.25, 0.3) is 0 Å². The zero-order valence-corrected chi connectivity index (χ0v) is 7.86. The average molecular weight is 188 g/mol. The predicted octanol–water partition coefficient (Wildman–Crippen LogP) is -0.486. The first-order valence-corrected chi connectivity index (χ1v) is 4.44. The molecule has 1 saturated heterocycles. The van der Waals surface area contributed by atoms with Crippen LogP contribution in [0.2, 0.25) is 0 Å². The second-order valence-electron chi connectivity index (χ2n) is 3.04. The molecular weight excluding hydrogens is 172 g/mol. The molecule has 5 heteroatoms. The van der Waals surface area contributed by atoms with Gasteiger partial charge in [-0.3, -0.25) is 9.63 Å². The maximum absolute atomic E-state index is 11.5. The van der Waals surface area contributed by atoms with Crippen LogP contribution in [0.1, 0.15) is 12.8 Å². The van der Waals surface area contributed by atoms with Crippen LogP contribution in [0.5, 0.6) is 0 Å². The smallest absolute Gasteiger partial charge is 0.265 e. The van der Waals surface area contributed by atoms with Crippen molar-refractivity contribution in [2.24, 2.45) is 5.73 Å². The lowest BCUT2D eigenvalue weighted by Crippen LogP contribution is -2.47. The molecule has 2 N–H and O–H groups in total. The number of nitrogens with zero attached hydrogens (tertiary/aromatic N) is 1. The van der Waals surface area contributed by atoms with Crippen LogP contribution in [0.4, 0.5) is 0 Å². The maximum Gasteiger partial charge on any atom is 0.265 e. The van der Waals surface area contributed by atoms with E-state index >= 15 is 0 Å². The third kappa shape index (κ3) is 2.95. The fraction of sp³-hybridized carbons (Fsp3) is 0.875. The summed E-state index contributed by atoms with van der Waals surface area (Å²) >= 11 is 0.